The van der Waals surface area contributed by atoms with Gasteiger partial charge < -0.3 is 9.88 Å². The molecule has 0 bridgehead atoms. The number of nitrogens with zero attached hydrogens (tertiary/aromatic N) is 3. The minimum atomic E-state index is -0.307. The van der Waals surface area contributed by atoms with E-state index >= 15 is 0 Å². The molecule has 0 amide bonds. The largest absolute Gasteiger partial charge is 0.330 e. The summed E-state index contributed by atoms with van der Waals surface area (Å²) in [6, 6.07) is 8.37. The third-order valence-electron chi connectivity index (χ3n) is 4.56. The molecule has 1 heterocycles. The van der Waals surface area contributed by atoms with E-state index in [1.54, 1.807) is 13.2 Å². The van der Waals surface area contributed by atoms with E-state index in [4.69, 9.17) is 0 Å². The van der Waals surface area contributed by atoms with Crippen molar-refractivity contribution in [2.45, 2.75) is 33.5 Å². The van der Waals surface area contributed by atoms with Gasteiger partial charge in [-0.15, -0.1) is 0 Å². The first-order valence-electron chi connectivity index (χ1n) is 8.73. The zero-order chi connectivity index (χ0) is 18.4. The summed E-state index contributed by atoms with van der Waals surface area (Å²) in [4.78, 5) is 26.3. The summed E-state index contributed by atoms with van der Waals surface area (Å²) in [5.74, 6) is 0. The van der Waals surface area contributed by atoms with E-state index in [-0.39, 0.29) is 11.2 Å². The highest BCUT2D eigenvalue weighted by Crippen LogP contribution is 2.11. The van der Waals surface area contributed by atoms with Crippen LogP contribution in [0.15, 0.2) is 40.1 Å². The lowest BCUT2D eigenvalue weighted by atomic mass is 10.1. The van der Waals surface area contributed by atoms with Gasteiger partial charge in [0.05, 0.1) is 0 Å². The quantitative estimate of drug-likeness (QED) is 0.782. The molecule has 0 unspecified atom stereocenters. The molecule has 136 valence electrons. The Labute approximate surface area is 148 Å². The molecule has 2 rings (SSSR count). The van der Waals surface area contributed by atoms with E-state index in [1.807, 2.05) is 6.07 Å². The highest BCUT2D eigenvalue weighted by Gasteiger charge is 2.08. The van der Waals surface area contributed by atoms with Crippen molar-refractivity contribution in [1.82, 2.24) is 19.4 Å². The van der Waals surface area contributed by atoms with Crippen molar-refractivity contribution >= 4 is 0 Å². The predicted octanol–water partition coefficient (Wildman–Crippen LogP) is 1.22. The Morgan fingerprint density at radius 3 is 2.20 bits per heavy atom. The Balaban J connectivity index is 2.08. The zero-order valence-electron chi connectivity index (χ0n) is 15.6. The molecule has 1 aromatic carbocycles. The molecule has 25 heavy (non-hydrogen) atoms. The van der Waals surface area contributed by atoms with Crippen molar-refractivity contribution in [1.29, 1.82) is 0 Å². The van der Waals surface area contributed by atoms with Crippen LogP contribution in [0.25, 0.3) is 0 Å². The van der Waals surface area contributed by atoms with E-state index < -0.39 is 0 Å². The molecule has 0 fully saturated rings. The average molecular weight is 344 g/mol. The van der Waals surface area contributed by atoms with E-state index in [0.717, 1.165) is 24.2 Å². The fourth-order valence-corrected chi connectivity index (χ4v) is 2.91. The van der Waals surface area contributed by atoms with E-state index in [0.29, 0.717) is 18.7 Å². The van der Waals surface area contributed by atoms with E-state index in [2.05, 4.69) is 42.3 Å². The minimum absolute atomic E-state index is 0.243. The van der Waals surface area contributed by atoms with Crippen molar-refractivity contribution in [3.8, 4) is 0 Å². The summed E-state index contributed by atoms with van der Waals surface area (Å²) in [5, 5.41) is 3.34. The Kier molecular flexibility index (Phi) is 6.73. The van der Waals surface area contributed by atoms with Gasteiger partial charge in [0.15, 0.2) is 0 Å². The molecule has 0 atom stereocenters. The van der Waals surface area contributed by atoms with Gasteiger partial charge in [0, 0.05) is 45.5 Å². The summed E-state index contributed by atoms with van der Waals surface area (Å²) >= 11 is 0. The summed E-state index contributed by atoms with van der Waals surface area (Å²) in [7, 11) is 3.16. The van der Waals surface area contributed by atoms with Crippen molar-refractivity contribution < 1.29 is 0 Å². The molecule has 0 saturated carbocycles. The summed E-state index contributed by atoms with van der Waals surface area (Å²) in [6.07, 6.45) is 1.61. The standard InChI is InChI=1S/C19H28N4O2/c1-5-23(6-2)14-16-10-8-7-9-15(16)11-20-12-17-13-21(3)19(25)22(4)18(17)24/h7-10,13,20H,5-6,11-12,14H2,1-4H3. The van der Waals surface area contributed by atoms with Crippen molar-refractivity contribution in [2.24, 2.45) is 14.1 Å². The number of rotatable bonds is 8. The van der Waals surface area contributed by atoms with Crippen molar-refractivity contribution in [3.05, 3.63) is 68.0 Å². The monoisotopic (exact) mass is 344 g/mol. The Bertz CT molecular complexity index is 819. The number of hydrogen-bond acceptors (Lipinski definition) is 4. The maximum atomic E-state index is 12.2. The first-order chi connectivity index (χ1) is 12.0. The molecule has 0 aliphatic rings. The first kappa shape index (κ1) is 19.1. The molecule has 0 aliphatic carbocycles. The van der Waals surface area contributed by atoms with Gasteiger partial charge in [0.2, 0.25) is 0 Å². The summed E-state index contributed by atoms with van der Waals surface area (Å²) in [6.45, 7) is 8.41. The molecular weight excluding hydrogens is 316 g/mol. The third kappa shape index (κ3) is 4.67. The van der Waals surface area contributed by atoms with Crippen LogP contribution in [0.3, 0.4) is 0 Å². The van der Waals surface area contributed by atoms with E-state index in [9.17, 15) is 9.59 Å². The van der Waals surface area contributed by atoms with Gasteiger partial charge in [0.1, 0.15) is 0 Å². The number of aromatic nitrogens is 2. The second kappa shape index (κ2) is 8.78. The van der Waals surface area contributed by atoms with Gasteiger partial charge in [-0.25, -0.2) is 4.79 Å². The molecule has 0 radical (unpaired) electrons. The Hall–Kier alpha value is -2.18. The number of hydrogen-bond donors (Lipinski definition) is 1. The SMILES string of the molecule is CCN(CC)Cc1ccccc1CNCc1cn(C)c(=O)n(C)c1=O. The molecule has 2 aromatic rings. The highest BCUT2D eigenvalue weighted by molar-refractivity contribution is 5.27. The molecule has 0 spiro atoms. The van der Waals surface area contributed by atoms with Crippen LogP contribution in [-0.2, 0) is 33.7 Å². The minimum Gasteiger partial charge on any atom is -0.308 e. The maximum absolute atomic E-state index is 12.2. The van der Waals surface area contributed by atoms with Crippen LogP contribution in [0.5, 0.6) is 0 Å². The van der Waals surface area contributed by atoms with Crippen LogP contribution < -0.4 is 16.6 Å². The maximum Gasteiger partial charge on any atom is 0.330 e. The number of benzene rings is 1. The summed E-state index contributed by atoms with van der Waals surface area (Å²) < 4.78 is 2.58. The van der Waals surface area contributed by atoms with Crippen LogP contribution in [0.4, 0.5) is 0 Å². The second-order valence-electron chi connectivity index (χ2n) is 6.25. The van der Waals surface area contributed by atoms with Gasteiger partial charge in [-0.1, -0.05) is 38.1 Å². The molecule has 6 nitrogen and oxygen atoms in total. The molecule has 6 heteroatoms. The smallest absolute Gasteiger partial charge is 0.308 e. The fourth-order valence-electron chi connectivity index (χ4n) is 2.91. The van der Waals surface area contributed by atoms with Gasteiger partial charge in [0.25, 0.3) is 5.56 Å². The highest BCUT2D eigenvalue weighted by atomic mass is 16.2. The molecule has 1 aromatic heterocycles. The molecule has 0 saturated heterocycles. The van der Waals surface area contributed by atoms with Crippen LogP contribution in [0.1, 0.15) is 30.5 Å². The first-order valence-corrected chi connectivity index (χ1v) is 8.73. The van der Waals surface area contributed by atoms with Crippen LogP contribution in [0, 0.1) is 0 Å². The Morgan fingerprint density at radius 2 is 1.56 bits per heavy atom. The molecular formula is C19H28N4O2. The van der Waals surface area contributed by atoms with Crippen LogP contribution in [-0.4, -0.2) is 27.1 Å². The van der Waals surface area contributed by atoms with Crippen LogP contribution >= 0.6 is 0 Å². The van der Waals surface area contributed by atoms with E-state index in [1.165, 1.54) is 22.7 Å². The third-order valence-corrected chi connectivity index (χ3v) is 4.56. The second-order valence-corrected chi connectivity index (χ2v) is 6.25. The molecule has 1 N–H and O–H groups in total. The lowest BCUT2D eigenvalue weighted by molar-refractivity contribution is 0.294. The van der Waals surface area contributed by atoms with Crippen molar-refractivity contribution in [2.75, 3.05) is 13.1 Å². The molecule has 0 aliphatic heterocycles. The fraction of sp³-hybridized carbons (Fsp3) is 0.474. The number of aryl methyl sites for hydroxylation is 1. The van der Waals surface area contributed by atoms with Crippen LogP contribution in [0.2, 0.25) is 0 Å². The Morgan fingerprint density at radius 1 is 0.960 bits per heavy atom. The summed E-state index contributed by atoms with van der Waals surface area (Å²) in [5.41, 5.74) is 2.57. The van der Waals surface area contributed by atoms with Gasteiger partial charge in [-0.3, -0.25) is 14.3 Å². The van der Waals surface area contributed by atoms with Crippen molar-refractivity contribution in [3.63, 3.8) is 0 Å². The average Bonchev–Trinajstić information content (AvgIpc) is 2.63. The normalized spacial score (nSPS) is 11.2. The van der Waals surface area contributed by atoms with Gasteiger partial charge >= 0.3 is 5.69 Å². The number of nitrogens with one attached hydrogen (secondary N) is 1. The van der Waals surface area contributed by atoms with Gasteiger partial charge in [-0.2, -0.15) is 0 Å². The van der Waals surface area contributed by atoms with Gasteiger partial charge in [-0.05, 0) is 24.2 Å². The lowest BCUT2D eigenvalue weighted by Gasteiger charge is -2.20. The predicted molar refractivity (Wildman–Crippen MR) is 101 cm³/mol. The zero-order valence-corrected chi connectivity index (χ0v) is 15.6. The topological polar surface area (TPSA) is 59.3 Å². The lowest BCUT2D eigenvalue weighted by Crippen LogP contribution is -2.39.